The van der Waals surface area contributed by atoms with Crippen LogP contribution in [0.2, 0.25) is 0 Å². The summed E-state index contributed by atoms with van der Waals surface area (Å²) in [7, 11) is 3.28. The van der Waals surface area contributed by atoms with Crippen LogP contribution < -0.4 is 0 Å². The maximum absolute atomic E-state index is 5.25. The average Bonchev–Trinajstić information content (AvgIpc) is 2.42. The molecule has 0 radical (unpaired) electrons. The SMILES string of the molecule is COC(OC)c1cccc(-c2ccccc2)c1. The van der Waals surface area contributed by atoms with Crippen LogP contribution in [0.15, 0.2) is 54.6 Å². The minimum absolute atomic E-state index is 0.307. The predicted molar refractivity (Wildman–Crippen MR) is 68.6 cm³/mol. The summed E-state index contributed by atoms with van der Waals surface area (Å²) in [6.45, 7) is 0. The number of benzene rings is 2. The van der Waals surface area contributed by atoms with Crippen LogP contribution in [-0.2, 0) is 9.47 Å². The third-order valence-electron chi connectivity index (χ3n) is 2.69. The van der Waals surface area contributed by atoms with Crippen LogP contribution in [0.3, 0.4) is 0 Å². The molecular formula is C15H16O2. The second-order valence-electron chi connectivity index (χ2n) is 3.79. The summed E-state index contributed by atoms with van der Waals surface area (Å²) in [6, 6.07) is 18.5. The molecule has 0 aromatic heterocycles. The van der Waals surface area contributed by atoms with Gasteiger partial charge < -0.3 is 9.47 Å². The van der Waals surface area contributed by atoms with Crippen LogP contribution in [0.5, 0.6) is 0 Å². The first-order chi connectivity index (χ1) is 8.35. The molecule has 2 aromatic rings. The first-order valence-corrected chi connectivity index (χ1v) is 5.56. The highest BCUT2D eigenvalue weighted by Crippen LogP contribution is 2.24. The van der Waals surface area contributed by atoms with Gasteiger partial charge >= 0.3 is 0 Å². The lowest BCUT2D eigenvalue weighted by Crippen LogP contribution is -2.03. The Morgan fingerprint density at radius 2 is 1.41 bits per heavy atom. The molecule has 17 heavy (non-hydrogen) atoms. The van der Waals surface area contributed by atoms with Gasteiger partial charge in [0.15, 0.2) is 6.29 Å². The third-order valence-corrected chi connectivity index (χ3v) is 2.69. The van der Waals surface area contributed by atoms with Gasteiger partial charge in [-0.2, -0.15) is 0 Å². The zero-order chi connectivity index (χ0) is 12.1. The Morgan fingerprint density at radius 3 is 2.06 bits per heavy atom. The molecule has 2 aromatic carbocycles. The van der Waals surface area contributed by atoms with Gasteiger partial charge in [-0.15, -0.1) is 0 Å². The van der Waals surface area contributed by atoms with E-state index in [0.29, 0.717) is 0 Å². The van der Waals surface area contributed by atoms with Crippen molar-refractivity contribution in [1.82, 2.24) is 0 Å². The van der Waals surface area contributed by atoms with Crippen LogP contribution in [0.1, 0.15) is 11.9 Å². The number of ether oxygens (including phenoxy) is 2. The summed E-state index contributed by atoms with van der Waals surface area (Å²) < 4.78 is 10.5. The Kier molecular flexibility index (Phi) is 3.91. The minimum atomic E-state index is -0.307. The van der Waals surface area contributed by atoms with Gasteiger partial charge in [0.1, 0.15) is 0 Å². The van der Waals surface area contributed by atoms with E-state index in [1.54, 1.807) is 14.2 Å². The molecule has 0 fully saturated rings. The lowest BCUT2D eigenvalue weighted by atomic mass is 10.0. The average molecular weight is 228 g/mol. The second kappa shape index (κ2) is 5.62. The summed E-state index contributed by atoms with van der Waals surface area (Å²) in [5, 5.41) is 0. The zero-order valence-electron chi connectivity index (χ0n) is 10.1. The van der Waals surface area contributed by atoms with Crippen LogP contribution in [0, 0.1) is 0 Å². The smallest absolute Gasteiger partial charge is 0.183 e. The van der Waals surface area contributed by atoms with Crippen molar-refractivity contribution in [2.24, 2.45) is 0 Å². The van der Waals surface area contributed by atoms with E-state index in [1.807, 2.05) is 30.3 Å². The first-order valence-electron chi connectivity index (χ1n) is 5.56. The molecule has 88 valence electrons. The molecule has 2 rings (SSSR count). The van der Waals surface area contributed by atoms with Gasteiger partial charge in [-0.05, 0) is 17.2 Å². The Balaban J connectivity index is 2.35. The molecule has 0 aliphatic rings. The van der Waals surface area contributed by atoms with E-state index in [-0.39, 0.29) is 6.29 Å². The van der Waals surface area contributed by atoms with Gasteiger partial charge in [-0.3, -0.25) is 0 Å². The van der Waals surface area contributed by atoms with Crippen LogP contribution in [0.4, 0.5) is 0 Å². The normalized spacial score (nSPS) is 10.8. The molecule has 2 nitrogen and oxygen atoms in total. The van der Waals surface area contributed by atoms with Gasteiger partial charge in [0.25, 0.3) is 0 Å². The van der Waals surface area contributed by atoms with Gasteiger partial charge in [-0.25, -0.2) is 0 Å². The Morgan fingerprint density at radius 1 is 0.765 bits per heavy atom. The van der Waals surface area contributed by atoms with E-state index in [2.05, 4.69) is 24.3 Å². The summed E-state index contributed by atoms with van der Waals surface area (Å²) in [4.78, 5) is 0. The largest absolute Gasteiger partial charge is 0.352 e. The summed E-state index contributed by atoms with van der Waals surface area (Å²) in [5.74, 6) is 0. The van der Waals surface area contributed by atoms with E-state index in [9.17, 15) is 0 Å². The predicted octanol–water partition coefficient (Wildman–Crippen LogP) is 3.65. The third kappa shape index (κ3) is 2.73. The van der Waals surface area contributed by atoms with E-state index >= 15 is 0 Å². The number of methoxy groups -OCH3 is 2. The summed E-state index contributed by atoms with van der Waals surface area (Å²) in [6.07, 6.45) is -0.307. The molecule has 0 unspecified atom stereocenters. The molecule has 0 saturated heterocycles. The second-order valence-corrected chi connectivity index (χ2v) is 3.79. The molecule has 0 saturated carbocycles. The topological polar surface area (TPSA) is 18.5 Å². The Labute approximate surface area is 102 Å². The van der Waals surface area contributed by atoms with E-state index in [1.165, 1.54) is 11.1 Å². The van der Waals surface area contributed by atoms with Crippen LogP contribution in [-0.4, -0.2) is 14.2 Å². The standard InChI is InChI=1S/C15H16O2/c1-16-15(17-2)14-10-6-9-13(11-14)12-7-4-3-5-8-12/h3-11,15H,1-2H3. The lowest BCUT2D eigenvalue weighted by molar-refractivity contribution is -0.105. The lowest BCUT2D eigenvalue weighted by Gasteiger charge is -2.14. The van der Waals surface area contributed by atoms with E-state index in [0.717, 1.165) is 5.56 Å². The zero-order valence-corrected chi connectivity index (χ0v) is 10.1. The minimum Gasteiger partial charge on any atom is -0.352 e. The fourth-order valence-corrected chi connectivity index (χ4v) is 1.86. The van der Waals surface area contributed by atoms with E-state index in [4.69, 9.17) is 9.47 Å². The van der Waals surface area contributed by atoms with Crippen molar-refractivity contribution in [3.8, 4) is 11.1 Å². The molecule has 0 heterocycles. The van der Waals surface area contributed by atoms with E-state index < -0.39 is 0 Å². The quantitative estimate of drug-likeness (QED) is 0.744. The van der Waals surface area contributed by atoms with Gasteiger partial charge in [0, 0.05) is 19.8 Å². The van der Waals surface area contributed by atoms with Crippen LogP contribution >= 0.6 is 0 Å². The van der Waals surface area contributed by atoms with Crippen molar-refractivity contribution in [3.63, 3.8) is 0 Å². The fraction of sp³-hybridized carbons (Fsp3) is 0.200. The maximum atomic E-state index is 5.25. The number of hydrogen-bond acceptors (Lipinski definition) is 2. The van der Waals surface area contributed by atoms with Crippen LogP contribution in [0.25, 0.3) is 11.1 Å². The molecule has 0 aliphatic heterocycles. The van der Waals surface area contributed by atoms with Crippen molar-refractivity contribution >= 4 is 0 Å². The van der Waals surface area contributed by atoms with Crippen molar-refractivity contribution in [3.05, 3.63) is 60.2 Å². The van der Waals surface area contributed by atoms with Gasteiger partial charge in [0.05, 0.1) is 0 Å². The summed E-state index contributed by atoms with van der Waals surface area (Å²) in [5.41, 5.74) is 3.39. The maximum Gasteiger partial charge on any atom is 0.183 e. The Hall–Kier alpha value is -1.64. The van der Waals surface area contributed by atoms with Gasteiger partial charge in [-0.1, -0.05) is 48.5 Å². The van der Waals surface area contributed by atoms with Crippen molar-refractivity contribution in [1.29, 1.82) is 0 Å². The first kappa shape index (κ1) is 11.8. The molecule has 0 atom stereocenters. The fourth-order valence-electron chi connectivity index (χ4n) is 1.86. The highest BCUT2D eigenvalue weighted by Gasteiger charge is 2.09. The Bertz CT molecular complexity index is 461. The van der Waals surface area contributed by atoms with Crippen molar-refractivity contribution in [2.45, 2.75) is 6.29 Å². The van der Waals surface area contributed by atoms with Gasteiger partial charge in [0.2, 0.25) is 0 Å². The molecule has 0 spiro atoms. The molecule has 0 N–H and O–H groups in total. The monoisotopic (exact) mass is 228 g/mol. The highest BCUT2D eigenvalue weighted by molar-refractivity contribution is 5.63. The molecule has 0 amide bonds. The van der Waals surface area contributed by atoms with Crippen molar-refractivity contribution < 1.29 is 9.47 Å². The highest BCUT2D eigenvalue weighted by atomic mass is 16.7. The molecule has 0 aliphatic carbocycles. The molecule has 2 heteroatoms. The van der Waals surface area contributed by atoms with Crippen molar-refractivity contribution in [2.75, 3.05) is 14.2 Å². The molecular weight excluding hydrogens is 212 g/mol. The number of rotatable bonds is 4. The molecule has 0 bridgehead atoms. The summed E-state index contributed by atoms with van der Waals surface area (Å²) >= 11 is 0. The number of hydrogen-bond donors (Lipinski definition) is 0.